The topological polar surface area (TPSA) is 84.6 Å². The predicted octanol–water partition coefficient (Wildman–Crippen LogP) is 3.83. The number of anilines is 1. The van der Waals surface area contributed by atoms with Gasteiger partial charge in [-0.2, -0.15) is 0 Å². The number of carbonyl (C=O) groups excluding carboxylic acids is 1. The number of ether oxygens (including phenoxy) is 1. The molecule has 3 aromatic rings. The lowest BCUT2D eigenvalue weighted by Crippen LogP contribution is -2.38. The van der Waals surface area contributed by atoms with E-state index in [1.165, 1.54) is 0 Å². The fourth-order valence-electron chi connectivity index (χ4n) is 4.34. The number of amides is 1. The van der Waals surface area contributed by atoms with Gasteiger partial charge in [0.2, 0.25) is 11.8 Å². The zero-order valence-corrected chi connectivity index (χ0v) is 19.3. The molecule has 0 bridgehead atoms. The van der Waals surface area contributed by atoms with E-state index < -0.39 is 0 Å². The first-order chi connectivity index (χ1) is 16.1. The Morgan fingerprint density at radius 1 is 1.15 bits per heavy atom. The Kier molecular flexibility index (Phi) is 6.28. The molecule has 0 spiro atoms. The van der Waals surface area contributed by atoms with E-state index in [-0.39, 0.29) is 11.9 Å². The van der Waals surface area contributed by atoms with Crippen LogP contribution in [0.4, 0.5) is 5.95 Å². The first-order valence-electron chi connectivity index (χ1n) is 11.3. The number of aryl methyl sites for hydroxylation is 1. The minimum Gasteiger partial charge on any atom is -0.443 e. The highest BCUT2D eigenvalue weighted by molar-refractivity contribution is 6.30. The van der Waals surface area contributed by atoms with E-state index >= 15 is 0 Å². The number of morpholine rings is 1. The van der Waals surface area contributed by atoms with Gasteiger partial charge in [-0.05, 0) is 43.5 Å². The first-order valence-corrected chi connectivity index (χ1v) is 11.6. The van der Waals surface area contributed by atoms with Crippen molar-refractivity contribution in [3.05, 3.63) is 70.2 Å². The Balaban J connectivity index is 1.33. The number of oxazole rings is 1. The molecule has 5 rings (SSSR count). The molecule has 9 heteroatoms. The maximum atomic E-state index is 13.5. The zero-order valence-electron chi connectivity index (χ0n) is 18.5. The number of nitrogens with zero attached hydrogens (tertiary/aromatic N) is 5. The van der Waals surface area contributed by atoms with E-state index in [0.717, 1.165) is 42.9 Å². The number of halogens is 1. The predicted molar refractivity (Wildman–Crippen MR) is 124 cm³/mol. The molecule has 2 aliphatic heterocycles. The molecule has 33 heavy (non-hydrogen) atoms. The highest BCUT2D eigenvalue weighted by Crippen LogP contribution is 2.33. The second-order valence-electron chi connectivity index (χ2n) is 8.42. The molecule has 172 valence electrons. The minimum absolute atomic E-state index is 0.116. The average molecular weight is 468 g/mol. The van der Waals surface area contributed by atoms with Crippen molar-refractivity contribution in [3.63, 3.8) is 0 Å². The standard InChI is InChI=1S/C24H26ClN5O3/c1-16-13-20(28-24(27-16)29-9-11-32-12-10-29)23(31)30-8-2-3-21(30)22-26-15-19(33-22)14-17-4-6-18(25)7-5-17/h4-7,13,15,21H,2-3,8-12,14H2,1H3/t21-/m0/s1. The molecule has 1 aromatic carbocycles. The Hall–Kier alpha value is -2.97. The maximum Gasteiger partial charge on any atom is 0.273 e. The summed E-state index contributed by atoms with van der Waals surface area (Å²) in [5.41, 5.74) is 2.27. The number of hydrogen-bond acceptors (Lipinski definition) is 7. The second kappa shape index (κ2) is 9.49. The van der Waals surface area contributed by atoms with Crippen LogP contribution in [0, 0.1) is 6.92 Å². The number of aromatic nitrogens is 3. The van der Waals surface area contributed by atoms with Crippen LogP contribution in [0.3, 0.4) is 0 Å². The van der Waals surface area contributed by atoms with Crippen LogP contribution in [0.25, 0.3) is 0 Å². The largest absolute Gasteiger partial charge is 0.443 e. The SMILES string of the molecule is Cc1cc(C(=O)N2CCC[C@H]2c2ncc(Cc3ccc(Cl)cc3)o2)nc(N2CCOCC2)n1. The van der Waals surface area contributed by atoms with Gasteiger partial charge in [0.25, 0.3) is 5.91 Å². The Bertz CT molecular complexity index is 1130. The Morgan fingerprint density at radius 2 is 1.94 bits per heavy atom. The monoisotopic (exact) mass is 467 g/mol. The summed E-state index contributed by atoms with van der Waals surface area (Å²) in [6, 6.07) is 9.22. The molecule has 0 unspecified atom stereocenters. The van der Waals surface area contributed by atoms with Crippen molar-refractivity contribution < 1.29 is 13.9 Å². The van der Waals surface area contributed by atoms with Crippen LogP contribution in [0.5, 0.6) is 0 Å². The summed E-state index contributed by atoms with van der Waals surface area (Å²) in [6.45, 7) is 5.25. The van der Waals surface area contributed by atoms with Gasteiger partial charge in [-0.15, -0.1) is 0 Å². The van der Waals surface area contributed by atoms with E-state index in [0.29, 0.717) is 48.7 Å². The third kappa shape index (κ3) is 4.86. The van der Waals surface area contributed by atoms with Crippen molar-refractivity contribution >= 4 is 23.5 Å². The van der Waals surface area contributed by atoms with E-state index in [9.17, 15) is 4.79 Å². The maximum absolute atomic E-state index is 13.5. The molecule has 2 aromatic heterocycles. The van der Waals surface area contributed by atoms with Gasteiger partial charge in [-0.25, -0.2) is 15.0 Å². The van der Waals surface area contributed by atoms with Crippen molar-refractivity contribution in [2.75, 3.05) is 37.7 Å². The van der Waals surface area contributed by atoms with Gasteiger partial charge >= 0.3 is 0 Å². The summed E-state index contributed by atoms with van der Waals surface area (Å²) in [6.07, 6.45) is 4.08. The number of rotatable bonds is 5. The summed E-state index contributed by atoms with van der Waals surface area (Å²) < 4.78 is 11.5. The average Bonchev–Trinajstić information content (AvgIpc) is 3.50. The molecule has 0 aliphatic carbocycles. The third-order valence-electron chi connectivity index (χ3n) is 6.02. The van der Waals surface area contributed by atoms with Crippen molar-refractivity contribution in [2.24, 2.45) is 0 Å². The van der Waals surface area contributed by atoms with Crippen LogP contribution < -0.4 is 4.90 Å². The number of likely N-dealkylation sites (tertiary alicyclic amines) is 1. The molecule has 8 nitrogen and oxygen atoms in total. The van der Waals surface area contributed by atoms with E-state index in [4.69, 9.17) is 20.8 Å². The molecule has 1 atom stereocenters. The normalized spacial score (nSPS) is 18.7. The first kappa shape index (κ1) is 21.9. The lowest BCUT2D eigenvalue weighted by Gasteiger charge is -2.27. The quantitative estimate of drug-likeness (QED) is 0.563. The van der Waals surface area contributed by atoms with Crippen molar-refractivity contribution in [1.82, 2.24) is 19.9 Å². The molecule has 0 saturated carbocycles. The van der Waals surface area contributed by atoms with Gasteiger partial charge in [-0.3, -0.25) is 4.79 Å². The van der Waals surface area contributed by atoms with Gasteiger partial charge in [0.05, 0.1) is 19.4 Å². The molecule has 2 saturated heterocycles. The van der Waals surface area contributed by atoms with Gasteiger partial charge in [0.15, 0.2) is 0 Å². The summed E-state index contributed by atoms with van der Waals surface area (Å²) >= 11 is 5.97. The van der Waals surface area contributed by atoms with E-state index in [2.05, 4.69) is 19.9 Å². The number of hydrogen-bond donors (Lipinski definition) is 0. The minimum atomic E-state index is -0.196. The third-order valence-corrected chi connectivity index (χ3v) is 6.27. The summed E-state index contributed by atoms with van der Waals surface area (Å²) in [5, 5.41) is 0.703. The van der Waals surface area contributed by atoms with Crippen LogP contribution in [0.1, 0.15) is 52.3 Å². The Labute approximate surface area is 197 Å². The van der Waals surface area contributed by atoms with Crippen LogP contribution in [-0.2, 0) is 11.2 Å². The van der Waals surface area contributed by atoms with Crippen LogP contribution in [0.15, 0.2) is 40.9 Å². The van der Waals surface area contributed by atoms with Crippen LogP contribution in [0.2, 0.25) is 5.02 Å². The molecule has 2 aliphatic rings. The van der Waals surface area contributed by atoms with Crippen LogP contribution in [-0.4, -0.2) is 58.6 Å². The van der Waals surface area contributed by atoms with Gasteiger partial charge in [0, 0.05) is 36.8 Å². The molecular formula is C24H26ClN5O3. The second-order valence-corrected chi connectivity index (χ2v) is 8.86. The highest BCUT2D eigenvalue weighted by atomic mass is 35.5. The van der Waals surface area contributed by atoms with Crippen LogP contribution >= 0.6 is 11.6 Å². The zero-order chi connectivity index (χ0) is 22.8. The Morgan fingerprint density at radius 3 is 2.73 bits per heavy atom. The number of carbonyl (C=O) groups is 1. The van der Waals surface area contributed by atoms with Crippen molar-refractivity contribution in [2.45, 2.75) is 32.2 Å². The van der Waals surface area contributed by atoms with E-state index in [1.807, 2.05) is 36.1 Å². The molecule has 0 N–H and O–H groups in total. The summed E-state index contributed by atoms with van der Waals surface area (Å²) in [5.74, 6) is 1.80. The molecule has 4 heterocycles. The lowest BCUT2D eigenvalue weighted by atomic mass is 10.1. The highest BCUT2D eigenvalue weighted by Gasteiger charge is 2.35. The number of benzene rings is 1. The fourth-order valence-corrected chi connectivity index (χ4v) is 4.47. The lowest BCUT2D eigenvalue weighted by molar-refractivity contribution is 0.0708. The molecular weight excluding hydrogens is 442 g/mol. The fraction of sp³-hybridized carbons (Fsp3) is 0.417. The van der Waals surface area contributed by atoms with E-state index in [1.54, 1.807) is 12.3 Å². The smallest absolute Gasteiger partial charge is 0.273 e. The van der Waals surface area contributed by atoms with Gasteiger partial charge in [0.1, 0.15) is 17.5 Å². The molecule has 2 fully saturated rings. The molecule has 0 radical (unpaired) electrons. The molecule has 1 amide bonds. The summed E-state index contributed by atoms with van der Waals surface area (Å²) in [7, 11) is 0. The summed E-state index contributed by atoms with van der Waals surface area (Å²) in [4.78, 5) is 31.0. The van der Waals surface area contributed by atoms with Crippen molar-refractivity contribution in [3.8, 4) is 0 Å². The van der Waals surface area contributed by atoms with Crippen molar-refractivity contribution in [1.29, 1.82) is 0 Å². The van der Waals surface area contributed by atoms with Gasteiger partial charge < -0.3 is 19.0 Å². The van der Waals surface area contributed by atoms with Gasteiger partial charge in [-0.1, -0.05) is 23.7 Å².